The minimum atomic E-state index is -1.40. The molecule has 0 aromatic carbocycles. The van der Waals surface area contributed by atoms with E-state index in [-0.39, 0.29) is 23.7 Å². The molecular formula is C11H12NO4-. The van der Waals surface area contributed by atoms with E-state index in [1.165, 1.54) is 6.92 Å². The Hall–Kier alpha value is -1.65. The largest absolute Gasteiger partial charge is 0.548 e. The third-order valence-corrected chi connectivity index (χ3v) is 3.27. The standard InChI is InChI=1S/C11H13NO4/c1-6(11(15)16)12-9(13)7-4-2-3-5-8(7)10(12)14/h2-3,6-8H,4-5H2,1H3,(H,15,16)/p-1/t6-,7-,8+/m1/s1. The molecular weight excluding hydrogens is 210 g/mol. The number of aliphatic carboxylic acids is 1. The number of rotatable bonds is 2. The predicted octanol–water partition coefficient (Wildman–Crippen LogP) is -0.924. The van der Waals surface area contributed by atoms with Crippen molar-refractivity contribution >= 4 is 17.8 Å². The SMILES string of the molecule is C[C@H](C(=O)[O-])N1C(=O)[C@H]2CC=CC[C@H]2C1=O. The summed E-state index contributed by atoms with van der Waals surface area (Å²) in [6.45, 7) is 1.30. The van der Waals surface area contributed by atoms with E-state index < -0.39 is 12.0 Å². The van der Waals surface area contributed by atoms with Crippen LogP contribution in [0.15, 0.2) is 12.2 Å². The Balaban J connectivity index is 2.27. The number of hydrogen-bond donors (Lipinski definition) is 0. The molecule has 3 atom stereocenters. The highest BCUT2D eigenvalue weighted by Crippen LogP contribution is 2.35. The van der Waals surface area contributed by atoms with Crippen LogP contribution in [0.2, 0.25) is 0 Å². The number of carbonyl (C=O) groups is 3. The number of allylic oxidation sites excluding steroid dienone is 2. The van der Waals surface area contributed by atoms with Crippen molar-refractivity contribution < 1.29 is 19.5 Å². The molecule has 0 saturated carbocycles. The van der Waals surface area contributed by atoms with Crippen molar-refractivity contribution in [2.45, 2.75) is 25.8 Å². The van der Waals surface area contributed by atoms with Crippen LogP contribution in [-0.2, 0) is 14.4 Å². The molecule has 5 heteroatoms. The number of carbonyl (C=O) groups excluding carboxylic acids is 3. The van der Waals surface area contributed by atoms with E-state index in [9.17, 15) is 19.5 Å². The zero-order valence-corrected chi connectivity index (χ0v) is 8.88. The molecule has 0 N–H and O–H groups in total. The quantitative estimate of drug-likeness (QED) is 0.447. The molecule has 1 fully saturated rings. The normalized spacial score (nSPS) is 30.4. The van der Waals surface area contributed by atoms with Crippen LogP contribution in [0.3, 0.4) is 0 Å². The van der Waals surface area contributed by atoms with E-state index in [2.05, 4.69) is 0 Å². The Labute approximate surface area is 92.7 Å². The Bertz CT molecular complexity index is 361. The summed E-state index contributed by atoms with van der Waals surface area (Å²) < 4.78 is 0. The van der Waals surface area contributed by atoms with Gasteiger partial charge in [-0.15, -0.1) is 0 Å². The van der Waals surface area contributed by atoms with Gasteiger partial charge in [0.05, 0.1) is 23.8 Å². The first-order chi connectivity index (χ1) is 7.54. The molecule has 86 valence electrons. The first-order valence-corrected chi connectivity index (χ1v) is 5.26. The lowest BCUT2D eigenvalue weighted by Crippen LogP contribution is -2.49. The van der Waals surface area contributed by atoms with E-state index in [1.54, 1.807) is 0 Å². The van der Waals surface area contributed by atoms with Crippen molar-refractivity contribution in [3.8, 4) is 0 Å². The number of imide groups is 1. The summed E-state index contributed by atoms with van der Waals surface area (Å²) in [5.41, 5.74) is 0. The molecule has 1 heterocycles. The minimum absolute atomic E-state index is 0.376. The number of fused-ring (bicyclic) bond motifs is 1. The van der Waals surface area contributed by atoms with Crippen LogP contribution in [0.4, 0.5) is 0 Å². The molecule has 16 heavy (non-hydrogen) atoms. The summed E-state index contributed by atoms with van der Waals surface area (Å²) >= 11 is 0. The fraction of sp³-hybridized carbons (Fsp3) is 0.545. The zero-order valence-electron chi connectivity index (χ0n) is 8.88. The van der Waals surface area contributed by atoms with Gasteiger partial charge < -0.3 is 9.90 Å². The van der Waals surface area contributed by atoms with Gasteiger partial charge in [0.1, 0.15) is 0 Å². The first-order valence-electron chi connectivity index (χ1n) is 5.26. The lowest BCUT2D eigenvalue weighted by molar-refractivity contribution is -0.310. The Morgan fingerprint density at radius 2 is 1.75 bits per heavy atom. The van der Waals surface area contributed by atoms with Crippen LogP contribution >= 0.6 is 0 Å². The zero-order chi connectivity index (χ0) is 11.9. The second-order valence-corrected chi connectivity index (χ2v) is 4.20. The lowest BCUT2D eigenvalue weighted by atomic mass is 9.85. The number of carboxylic acid groups (broad SMARTS) is 1. The molecule has 5 nitrogen and oxygen atoms in total. The van der Waals surface area contributed by atoms with Crippen molar-refractivity contribution in [2.24, 2.45) is 11.8 Å². The van der Waals surface area contributed by atoms with E-state index >= 15 is 0 Å². The maximum atomic E-state index is 11.9. The highest BCUT2D eigenvalue weighted by Gasteiger charge is 2.48. The summed E-state index contributed by atoms with van der Waals surface area (Å²) in [5.74, 6) is -2.90. The molecule has 1 aliphatic carbocycles. The molecule has 2 rings (SSSR count). The van der Waals surface area contributed by atoms with Gasteiger partial charge in [-0.3, -0.25) is 14.5 Å². The summed E-state index contributed by atoms with van der Waals surface area (Å²) in [7, 11) is 0. The van der Waals surface area contributed by atoms with E-state index in [0.29, 0.717) is 12.8 Å². The first kappa shape index (κ1) is 10.9. The summed E-state index contributed by atoms with van der Waals surface area (Å²) in [6, 6.07) is -1.18. The minimum Gasteiger partial charge on any atom is -0.548 e. The van der Waals surface area contributed by atoms with E-state index in [1.807, 2.05) is 12.2 Å². The molecule has 0 spiro atoms. The van der Waals surface area contributed by atoms with Gasteiger partial charge in [-0.25, -0.2) is 0 Å². The van der Waals surface area contributed by atoms with Gasteiger partial charge in [-0.2, -0.15) is 0 Å². The van der Waals surface area contributed by atoms with Crippen molar-refractivity contribution in [2.75, 3.05) is 0 Å². The Kier molecular flexibility index (Phi) is 2.53. The topological polar surface area (TPSA) is 77.5 Å². The third kappa shape index (κ3) is 1.43. The Morgan fingerprint density at radius 1 is 1.31 bits per heavy atom. The fourth-order valence-electron chi connectivity index (χ4n) is 2.31. The summed E-state index contributed by atoms with van der Waals surface area (Å²) in [6.07, 6.45) is 4.76. The van der Waals surface area contributed by atoms with Gasteiger partial charge in [0.15, 0.2) is 0 Å². The monoisotopic (exact) mass is 222 g/mol. The molecule has 2 amide bonds. The van der Waals surface area contributed by atoms with Gasteiger partial charge in [-0.1, -0.05) is 12.2 Å². The van der Waals surface area contributed by atoms with Crippen LogP contribution in [0.25, 0.3) is 0 Å². The maximum Gasteiger partial charge on any atom is 0.234 e. The molecule has 0 aromatic rings. The van der Waals surface area contributed by atoms with Gasteiger partial charge >= 0.3 is 0 Å². The van der Waals surface area contributed by atoms with Crippen LogP contribution in [0, 0.1) is 11.8 Å². The van der Waals surface area contributed by atoms with Crippen molar-refractivity contribution in [1.29, 1.82) is 0 Å². The average molecular weight is 222 g/mol. The van der Waals surface area contributed by atoms with Gasteiger partial charge in [0.25, 0.3) is 0 Å². The van der Waals surface area contributed by atoms with Crippen molar-refractivity contribution in [3.05, 3.63) is 12.2 Å². The second kappa shape index (κ2) is 3.73. The molecule has 1 aliphatic heterocycles. The van der Waals surface area contributed by atoms with E-state index in [4.69, 9.17) is 0 Å². The van der Waals surface area contributed by atoms with Crippen molar-refractivity contribution in [1.82, 2.24) is 4.90 Å². The van der Waals surface area contributed by atoms with Gasteiger partial charge in [0.2, 0.25) is 11.8 Å². The molecule has 1 saturated heterocycles. The van der Waals surface area contributed by atoms with Gasteiger partial charge in [0, 0.05) is 0 Å². The number of likely N-dealkylation sites (tertiary alicyclic amines) is 1. The fourth-order valence-corrected chi connectivity index (χ4v) is 2.31. The summed E-state index contributed by atoms with van der Waals surface area (Å²) in [5, 5.41) is 10.7. The average Bonchev–Trinajstić information content (AvgIpc) is 2.52. The van der Waals surface area contributed by atoms with Crippen LogP contribution in [-0.4, -0.2) is 28.7 Å². The summed E-state index contributed by atoms with van der Waals surface area (Å²) in [4.78, 5) is 35.3. The number of carboxylic acids is 1. The molecule has 0 radical (unpaired) electrons. The molecule has 0 unspecified atom stereocenters. The third-order valence-electron chi connectivity index (χ3n) is 3.27. The van der Waals surface area contributed by atoms with E-state index in [0.717, 1.165) is 4.90 Å². The second-order valence-electron chi connectivity index (χ2n) is 4.20. The van der Waals surface area contributed by atoms with Crippen LogP contribution in [0.1, 0.15) is 19.8 Å². The lowest BCUT2D eigenvalue weighted by Gasteiger charge is -2.23. The van der Waals surface area contributed by atoms with Crippen LogP contribution in [0.5, 0.6) is 0 Å². The predicted molar refractivity (Wildman–Crippen MR) is 51.7 cm³/mol. The molecule has 2 aliphatic rings. The smallest absolute Gasteiger partial charge is 0.234 e. The highest BCUT2D eigenvalue weighted by atomic mass is 16.4. The molecule has 0 bridgehead atoms. The van der Waals surface area contributed by atoms with Crippen molar-refractivity contribution in [3.63, 3.8) is 0 Å². The molecule has 0 aromatic heterocycles. The number of hydrogen-bond acceptors (Lipinski definition) is 4. The number of nitrogens with zero attached hydrogens (tertiary/aromatic N) is 1. The maximum absolute atomic E-state index is 11.9. The van der Waals surface area contributed by atoms with Gasteiger partial charge in [-0.05, 0) is 19.8 Å². The number of amides is 2. The Morgan fingerprint density at radius 3 is 2.12 bits per heavy atom. The van der Waals surface area contributed by atoms with Crippen LogP contribution < -0.4 is 5.11 Å². The highest BCUT2D eigenvalue weighted by molar-refractivity contribution is 6.07.